The second-order valence-electron chi connectivity index (χ2n) is 5.34. The number of hydrogen-bond acceptors (Lipinski definition) is 6. The lowest BCUT2D eigenvalue weighted by atomic mass is 10.2. The first-order chi connectivity index (χ1) is 10.2. The molecule has 0 bridgehead atoms. The number of nitrogens with zero attached hydrogens (tertiary/aromatic N) is 2. The second kappa shape index (κ2) is 7.34. The average Bonchev–Trinajstić information content (AvgIpc) is 2.41. The monoisotopic (exact) mass is 309 g/mol. The molecule has 0 saturated heterocycles. The van der Waals surface area contributed by atoms with Gasteiger partial charge in [0.05, 0.1) is 12.4 Å². The van der Waals surface area contributed by atoms with E-state index in [0.717, 1.165) is 12.4 Å². The summed E-state index contributed by atoms with van der Waals surface area (Å²) in [4.78, 5) is 41.4. The normalized spacial score (nSPS) is 10.7. The molecule has 0 spiro atoms. The lowest BCUT2D eigenvalue weighted by Gasteiger charge is -2.19. The lowest BCUT2D eigenvalue weighted by molar-refractivity contribution is 0.0526. The molecule has 0 aliphatic carbocycles. The van der Waals surface area contributed by atoms with Crippen molar-refractivity contribution < 1.29 is 19.1 Å². The van der Waals surface area contributed by atoms with Gasteiger partial charge in [-0.3, -0.25) is 9.59 Å². The number of hydrogen-bond donors (Lipinski definition) is 3. The fraction of sp³-hybridized carbons (Fsp3) is 0.462. The summed E-state index contributed by atoms with van der Waals surface area (Å²) in [5.74, 6) is -1.20. The average molecular weight is 309 g/mol. The van der Waals surface area contributed by atoms with E-state index >= 15 is 0 Å². The standard InChI is InChI=1S/C13H19N5O4/c1-13(2,3)22-12(21)16-5-4-15-11(20)9-7-17-8(6-18-9)10(14)19/h6-7H,4-5H2,1-3H3,(H2,14,19)(H,15,20)(H,16,21). The maximum Gasteiger partial charge on any atom is 0.407 e. The number of nitrogens with two attached hydrogens (primary N) is 1. The van der Waals surface area contributed by atoms with E-state index in [1.807, 2.05) is 0 Å². The molecule has 1 heterocycles. The van der Waals surface area contributed by atoms with E-state index in [9.17, 15) is 14.4 Å². The number of carbonyl (C=O) groups excluding carboxylic acids is 3. The minimum atomic E-state index is -0.721. The molecule has 0 fully saturated rings. The van der Waals surface area contributed by atoms with Crippen molar-refractivity contribution in [2.24, 2.45) is 5.73 Å². The molecule has 0 aliphatic heterocycles. The Labute approximate surface area is 127 Å². The summed E-state index contributed by atoms with van der Waals surface area (Å²) in [7, 11) is 0. The van der Waals surface area contributed by atoms with Crippen LogP contribution >= 0.6 is 0 Å². The van der Waals surface area contributed by atoms with Crippen LogP contribution in [0.1, 0.15) is 41.7 Å². The summed E-state index contributed by atoms with van der Waals surface area (Å²) >= 11 is 0. The van der Waals surface area contributed by atoms with E-state index in [4.69, 9.17) is 10.5 Å². The minimum absolute atomic E-state index is 0.0249. The van der Waals surface area contributed by atoms with E-state index in [-0.39, 0.29) is 24.5 Å². The molecule has 120 valence electrons. The highest BCUT2D eigenvalue weighted by Crippen LogP contribution is 2.05. The first-order valence-corrected chi connectivity index (χ1v) is 6.56. The summed E-state index contributed by atoms with van der Waals surface area (Å²) in [6, 6.07) is 0. The minimum Gasteiger partial charge on any atom is -0.444 e. The summed E-state index contributed by atoms with van der Waals surface area (Å²) in [5.41, 5.74) is 4.46. The van der Waals surface area contributed by atoms with Gasteiger partial charge in [0.1, 0.15) is 17.0 Å². The van der Waals surface area contributed by atoms with E-state index in [1.54, 1.807) is 20.8 Å². The van der Waals surface area contributed by atoms with Crippen LogP contribution in [-0.2, 0) is 4.74 Å². The molecule has 3 amide bonds. The Balaban J connectivity index is 2.34. The van der Waals surface area contributed by atoms with E-state index in [1.165, 1.54) is 0 Å². The Morgan fingerprint density at radius 3 is 2.14 bits per heavy atom. The Bertz CT molecular complexity index is 551. The van der Waals surface area contributed by atoms with Gasteiger partial charge < -0.3 is 21.1 Å². The van der Waals surface area contributed by atoms with Gasteiger partial charge in [0, 0.05) is 13.1 Å². The number of aromatic nitrogens is 2. The van der Waals surface area contributed by atoms with Crippen molar-refractivity contribution >= 4 is 17.9 Å². The lowest BCUT2D eigenvalue weighted by Crippen LogP contribution is -2.38. The number of primary amides is 1. The molecular weight excluding hydrogens is 290 g/mol. The summed E-state index contributed by atoms with van der Waals surface area (Å²) in [5, 5.41) is 5.03. The van der Waals surface area contributed by atoms with Gasteiger partial charge in [0.25, 0.3) is 11.8 Å². The smallest absolute Gasteiger partial charge is 0.407 e. The fourth-order valence-electron chi connectivity index (χ4n) is 1.32. The Morgan fingerprint density at radius 1 is 1.09 bits per heavy atom. The number of nitrogens with one attached hydrogen (secondary N) is 2. The van der Waals surface area contributed by atoms with Crippen LogP contribution in [0.25, 0.3) is 0 Å². The second-order valence-corrected chi connectivity index (χ2v) is 5.34. The van der Waals surface area contributed by atoms with Crippen LogP contribution in [0, 0.1) is 0 Å². The van der Waals surface area contributed by atoms with Crippen molar-refractivity contribution in [3.05, 3.63) is 23.8 Å². The highest BCUT2D eigenvalue weighted by Gasteiger charge is 2.15. The largest absolute Gasteiger partial charge is 0.444 e. The topological polar surface area (TPSA) is 136 Å². The third-order valence-electron chi connectivity index (χ3n) is 2.22. The van der Waals surface area contributed by atoms with Gasteiger partial charge in [-0.15, -0.1) is 0 Å². The van der Waals surface area contributed by atoms with Crippen molar-refractivity contribution in [3.63, 3.8) is 0 Å². The maximum absolute atomic E-state index is 11.7. The van der Waals surface area contributed by atoms with Crippen LogP contribution in [0.5, 0.6) is 0 Å². The first kappa shape index (κ1) is 17.3. The quantitative estimate of drug-likeness (QED) is 0.646. The van der Waals surface area contributed by atoms with Crippen LogP contribution in [0.4, 0.5) is 4.79 Å². The van der Waals surface area contributed by atoms with E-state index in [2.05, 4.69) is 20.6 Å². The molecule has 1 rings (SSSR count). The van der Waals surface area contributed by atoms with Crippen LogP contribution in [0.2, 0.25) is 0 Å². The van der Waals surface area contributed by atoms with Gasteiger partial charge in [0.15, 0.2) is 0 Å². The molecule has 0 radical (unpaired) electrons. The number of alkyl carbamates (subject to hydrolysis) is 1. The van der Waals surface area contributed by atoms with Crippen LogP contribution in [0.15, 0.2) is 12.4 Å². The zero-order chi connectivity index (χ0) is 16.8. The van der Waals surface area contributed by atoms with Gasteiger partial charge in [-0.2, -0.15) is 0 Å². The highest BCUT2D eigenvalue weighted by atomic mass is 16.6. The highest BCUT2D eigenvalue weighted by molar-refractivity contribution is 5.93. The van der Waals surface area contributed by atoms with Crippen molar-refractivity contribution in [1.29, 1.82) is 0 Å². The predicted molar refractivity (Wildman–Crippen MR) is 77.1 cm³/mol. The van der Waals surface area contributed by atoms with Gasteiger partial charge in [-0.1, -0.05) is 0 Å². The van der Waals surface area contributed by atoms with Crippen LogP contribution < -0.4 is 16.4 Å². The molecule has 0 saturated carbocycles. The number of carbonyl (C=O) groups is 3. The number of ether oxygens (including phenoxy) is 1. The Morgan fingerprint density at radius 2 is 1.64 bits per heavy atom. The third kappa shape index (κ3) is 6.16. The summed E-state index contributed by atoms with van der Waals surface area (Å²) in [6.07, 6.45) is 1.71. The molecule has 9 nitrogen and oxygen atoms in total. The zero-order valence-corrected chi connectivity index (χ0v) is 12.7. The number of rotatable bonds is 5. The van der Waals surface area contributed by atoms with Crippen molar-refractivity contribution in [2.45, 2.75) is 26.4 Å². The molecule has 4 N–H and O–H groups in total. The predicted octanol–water partition coefficient (Wildman–Crippen LogP) is -0.170. The first-order valence-electron chi connectivity index (χ1n) is 6.56. The molecule has 0 aromatic carbocycles. The van der Waals surface area contributed by atoms with Crippen LogP contribution in [-0.4, -0.2) is 46.6 Å². The molecule has 9 heteroatoms. The van der Waals surface area contributed by atoms with E-state index < -0.39 is 23.5 Å². The molecule has 0 atom stereocenters. The molecular formula is C13H19N5O4. The molecule has 22 heavy (non-hydrogen) atoms. The van der Waals surface area contributed by atoms with Crippen molar-refractivity contribution in [2.75, 3.05) is 13.1 Å². The molecule has 0 unspecified atom stereocenters. The summed E-state index contributed by atoms with van der Waals surface area (Å²) in [6.45, 7) is 5.65. The molecule has 1 aromatic heterocycles. The third-order valence-corrected chi connectivity index (χ3v) is 2.22. The van der Waals surface area contributed by atoms with Gasteiger partial charge >= 0.3 is 6.09 Å². The van der Waals surface area contributed by atoms with Crippen molar-refractivity contribution in [3.8, 4) is 0 Å². The Hall–Kier alpha value is -2.71. The number of amides is 3. The summed E-state index contributed by atoms with van der Waals surface area (Å²) < 4.78 is 5.04. The van der Waals surface area contributed by atoms with Gasteiger partial charge in [-0.25, -0.2) is 14.8 Å². The fourth-order valence-corrected chi connectivity index (χ4v) is 1.32. The van der Waals surface area contributed by atoms with E-state index in [0.29, 0.717) is 0 Å². The zero-order valence-electron chi connectivity index (χ0n) is 12.7. The maximum atomic E-state index is 11.7. The molecule has 0 aliphatic rings. The van der Waals surface area contributed by atoms with Gasteiger partial charge in [0.2, 0.25) is 0 Å². The SMILES string of the molecule is CC(C)(C)OC(=O)NCCNC(=O)c1cnc(C(N)=O)cn1. The Kier molecular flexibility index (Phi) is 5.79. The van der Waals surface area contributed by atoms with Crippen molar-refractivity contribution in [1.82, 2.24) is 20.6 Å². The van der Waals surface area contributed by atoms with Gasteiger partial charge in [-0.05, 0) is 20.8 Å². The molecule has 1 aromatic rings. The van der Waals surface area contributed by atoms with Crippen LogP contribution in [0.3, 0.4) is 0 Å².